The Morgan fingerprint density at radius 2 is 1.59 bits per heavy atom. The zero-order valence-electron chi connectivity index (χ0n) is 17.7. The molecular weight excluding hydrogens is 443 g/mol. The van der Waals surface area contributed by atoms with Crippen molar-refractivity contribution in [3.63, 3.8) is 0 Å². The van der Waals surface area contributed by atoms with E-state index in [2.05, 4.69) is 5.32 Å². The first-order valence-corrected chi connectivity index (χ1v) is 11.1. The SMILES string of the molecule is CC[C@H](NC(=O)c1c(C)n(-c2ccc(Cl)c(Cl)c2)c(=O)c2ccccc12)c1ccccc1. The Balaban J connectivity index is 1.90. The second-order valence-corrected chi connectivity index (χ2v) is 8.40. The van der Waals surface area contributed by atoms with Crippen molar-refractivity contribution in [1.82, 2.24) is 9.88 Å². The minimum Gasteiger partial charge on any atom is -0.345 e. The van der Waals surface area contributed by atoms with Gasteiger partial charge in [0.05, 0.1) is 27.3 Å². The van der Waals surface area contributed by atoms with E-state index in [0.717, 1.165) is 12.0 Å². The zero-order valence-corrected chi connectivity index (χ0v) is 19.2. The second-order valence-electron chi connectivity index (χ2n) is 7.59. The molecule has 1 heterocycles. The quantitative estimate of drug-likeness (QED) is 0.367. The van der Waals surface area contributed by atoms with Crippen molar-refractivity contribution >= 4 is 39.9 Å². The first-order valence-electron chi connectivity index (χ1n) is 10.4. The van der Waals surface area contributed by atoms with Crippen LogP contribution >= 0.6 is 23.2 Å². The molecule has 0 aliphatic carbocycles. The maximum Gasteiger partial charge on any atom is 0.263 e. The van der Waals surface area contributed by atoms with Gasteiger partial charge in [-0.1, -0.05) is 78.7 Å². The third kappa shape index (κ3) is 4.04. The molecule has 0 fully saturated rings. The molecule has 4 rings (SSSR count). The lowest BCUT2D eigenvalue weighted by atomic mass is 10.0. The summed E-state index contributed by atoms with van der Waals surface area (Å²) in [5, 5.41) is 4.96. The Morgan fingerprint density at radius 1 is 0.938 bits per heavy atom. The van der Waals surface area contributed by atoms with Gasteiger partial charge in [0, 0.05) is 16.5 Å². The number of benzene rings is 3. The summed E-state index contributed by atoms with van der Waals surface area (Å²) in [4.78, 5) is 26.9. The van der Waals surface area contributed by atoms with Crippen LogP contribution < -0.4 is 10.9 Å². The summed E-state index contributed by atoms with van der Waals surface area (Å²) < 4.78 is 1.52. The molecule has 0 spiro atoms. The number of amides is 1. The van der Waals surface area contributed by atoms with Gasteiger partial charge in [-0.3, -0.25) is 14.2 Å². The van der Waals surface area contributed by atoms with Crippen LogP contribution in [0.3, 0.4) is 0 Å². The number of hydrogen-bond acceptors (Lipinski definition) is 2. The van der Waals surface area contributed by atoms with Gasteiger partial charge in [-0.2, -0.15) is 0 Å². The highest BCUT2D eigenvalue weighted by Gasteiger charge is 2.22. The van der Waals surface area contributed by atoms with Crippen LogP contribution in [0, 0.1) is 6.92 Å². The second kappa shape index (κ2) is 9.19. The first kappa shape index (κ1) is 22.1. The van der Waals surface area contributed by atoms with Crippen LogP contribution in [0.2, 0.25) is 10.0 Å². The minimum absolute atomic E-state index is 0.146. The van der Waals surface area contributed by atoms with E-state index in [1.807, 2.05) is 43.3 Å². The summed E-state index contributed by atoms with van der Waals surface area (Å²) in [5.41, 5.74) is 2.36. The lowest BCUT2D eigenvalue weighted by Gasteiger charge is -2.21. The molecule has 0 aliphatic heterocycles. The minimum atomic E-state index is -0.233. The summed E-state index contributed by atoms with van der Waals surface area (Å²) in [6.07, 6.45) is 0.735. The van der Waals surface area contributed by atoms with Gasteiger partial charge in [-0.15, -0.1) is 0 Å². The number of rotatable bonds is 5. The third-order valence-electron chi connectivity index (χ3n) is 5.63. The van der Waals surface area contributed by atoms with Crippen LogP contribution in [-0.2, 0) is 0 Å². The molecule has 32 heavy (non-hydrogen) atoms. The molecule has 1 atom stereocenters. The fourth-order valence-corrected chi connectivity index (χ4v) is 4.32. The van der Waals surface area contributed by atoms with Gasteiger partial charge >= 0.3 is 0 Å². The molecule has 0 aliphatic rings. The molecule has 0 unspecified atom stereocenters. The van der Waals surface area contributed by atoms with Crippen molar-refractivity contribution in [1.29, 1.82) is 0 Å². The summed E-state index contributed by atoms with van der Waals surface area (Å²) in [6.45, 7) is 3.80. The average molecular weight is 465 g/mol. The number of carbonyl (C=O) groups is 1. The molecule has 4 aromatic rings. The molecule has 1 aromatic heterocycles. The van der Waals surface area contributed by atoms with Crippen LogP contribution in [0.15, 0.2) is 77.6 Å². The number of aromatic nitrogens is 1. The molecule has 0 radical (unpaired) electrons. The average Bonchev–Trinajstić information content (AvgIpc) is 2.80. The van der Waals surface area contributed by atoms with Crippen molar-refractivity contribution in [3.8, 4) is 5.69 Å². The summed E-state index contributed by atoms with van der Waals surface area (Å²) in [7, 11) is 0. The topological polar surface area (TPSA) is 51.1 Å². The van der Waals surface area contributed by atoms with E-state index in [0.29, 0.717) is 37.8 Å². The zero-order chi connectivity index (χ0) is 22.8. The van der Waals surface area contributed by atoms with E-state index in [9.17, 15) is 9.59 Å². The molecular formula is C26H22Cl2N2O2. The summed E-state index contributed by atoms with van der Waals surface area (Å²) in [6, 6.07) is 21.9. The molecule has 1 N–H and O–H groups in total. The number of carbonyl (C=O) groups excluding carboxylic acids is 1. The lowest BCUT2D eigenvalue weighted by Crippen LogP contribution is -2.32. The molecule has 1 amide bonds. The van der Waals surface area contributed by atoms with Crippen molar-refractivity contribution in [3.05, 3.63) is 110 Å². The number of nitrogens with one attached hydrogen (secondary N) is 1. The third-order valence-corrected chi connectivity index (χ3v) is 6.37. The Morgan fingerprint density at radius 3 is 2.25 bits per heavy atom. The smallest absolute Gasteiger partial charge is 0.263 e. The molecule has 0 saturated carbocycles. The van der Waals surface area contributed by atoms with Crippen LogP contribution in [0.5, 0.6) is 0 Å². The molecule has 0 saturated heterocycles. The molecule has 3 aromatic carbocycles. The highest BCUT2D eigenvalue weighted by molar-refractivity contribution is 6.42. The van der Waals surface area contributed by atoms with Crippen molar-refractivity contribution in [2.24, 2.45) is 0 Å². The first-order chi connectivity index (χ1) is 15.4. The predicted octanol–water partition coefficient (Wildman–Crippen LogP) is 6.49. The molecule has 4 nitrogen and oxygen atoms in total. The highest BCUT2D eigenvalue weighted by atomic mass is 35.5. The number of halogens is 2. The Kier molecular flexibility index (Phi) is 6.35. The van der Waals surface area contributed by atoms with Gasteiger partial charge in [0.25, 0.3) is 11.5 Å². The predicted molar refractivity (Wildman–Crippen MR) is 131 cm³/mol. The van der Waals surface area contributed by atoms with E-state index in [4.69, 9.17) is 23.2 Å². The van der Waals surface area contributed by atoms with Crippen LogP contribution in [0.1, 0.15) is 41.0 Å². The fourth-order valence-electron chi connectivity index (χ4n) is 4.03. The van der Waals surface area contributed by atoms with Gasteiger partial charge in [0.2, 0.25) is 0 Å². The van der Waals surface area contributed by atoms with E-state index >= 15 is 0 Å². The Labute approximate surface area is 196 Å². The Bertz CT molecular complexity index is 1360. The van der Waals surface area contributed by atoms with E-state index in [1.165, 1.54) is 4.57 Å². The summed E-state index contributed by atoms with van der Waals surface area (Å²) in [5.74, 6) is -0.233. The number of hydrogen-bond donors (Lipinski definition) is 1. The van der Waals surface area contributed by atoms with Gasteiger partial charge < -0.3 is 5.32 Å². The van der Waals surface area contributed by atoms with Crippen LogP contribution in [0.25, 0.3) is 16.5 Å². The summed E-state index contributed by atoms with van der Waals surface area (Å²) >= 11 is 12.3. The lowest BCUT2D eigenvalue weighted by molar-refractivity contribution is 0.0936. The normalized spacial score (nSPS) is 12.0. The number of pyridine rings is 1. The maximum absolute atomic E-state index is 13.6. The van der Waals surface area contributed by atoms with Crippen molar-refractivity contribution in [2.45, 2.75) is 26.3 Å². The monoisotopic (exact) mass is 464 g/mol. The Hall–Kier alpha value is -3.08. The maximum atomic E-state index is 13.6. The van der Waals surface area contributed by atoms with Gasteiger partial charge in [-0.25, -0.2) is 0 Å². The van der Waals surface area contributed by atoms with Crippen LogP contribution in [0.4, 0.5) is 0 Å². The largest absolute Gasteiger partial charge is 0.345 e. The van der Waals surface area contributed by atoms with Crippen LogP contribution in [-0.4, -0.2) is 10.5 Å². The number of nitrogens with zero attached hydrogens (tertiary/aromatic N) is 1. The van der Waals surface area contributed by atoms with Crippen molar-refractivity contribution in [2.75, 3.05) is 0 Å². The van der Waals surface area contributed by atoms with E-state index in [-0.39, 0.29) is 17.5 Å². The van der Waals surface area contributed by atoms with Gasteiger partial charge in [0.15, 0.2) is 0 Å². The fraction of sp³-hybridized carbons (Fsp3) is 0.154. The van der Waals surface area contributed by atoms with Gasteiger partial charge in [-0.05, 0) is 43.2 Å². The molecule has 162 valence electrons. The molecule has 6 heteroatoms. The standard InChI is InChI=1S/C26H22Cl2N2O2/c1-3-23(17-9-5-4-6-10-17)29-25(31)24-16(2)30(18-13-14-21(27)22(28)15-18)26(32)20-12-8-7-11-19(20)24/h4-15,23H,3H2,1-2H3,(H,29,31)/t23-/m0/s1. The van der Waals surface area contributed by atoms with E-state index < -0.39 is 0 Å². The van der Waals surface area contributed by atoms with Gasteiger partial charge in [0.1, 0.15) is 0 Å². The molecule has 0 bridgehead atoms. The van der Waals surface area contributed by atoms with E-state index in [1.54, 1.807) is 43.3 Å². The van der Waals surface area contributed by atoms with Crippen molar-refractivity contribution < 1.29 is 4.79 Å². The highest BCUT2D eigenvalue weighted by Crippen LogP contribution is 2.27. The number of fused-ring (bicyclic) bond motifs is 1.